The van der Waals surface area contributed by atoms with Gasteiger partial charge in [-0.3, -0.25) is 0 Å². The highest BCUT2D eigenvalue weighted by Crippen LogP contribution is 2.42. The maximum absolute atomic E-state index is 12.3. The number of aromatic nitrogens is 5. The summed E-state index contributed by atoms with van der Waals surface area (Å²) in [5.74, 6) is 2.19. The van der Waals surface area contributed by atoms with Crippen LogP contribution in [-0.4, -0.2) is 43.4 Å². The number of methoxy groups -OCH3 is 2. The highest BCUT2D eigenvalue weighted by molar-refractivity contribution is 6.37. The number of hydrogen-bond donors (Lipinski definition) is 1. The maximum Gasteiger partial charge on any atom is 0.258 e. The van der Waals surface area contributed by atoms with Crippen molar-refractivity contribution in [2.24, 2.45) is 14.1 Å². The van der Waals surface area contributed by atoms with Crippen molar-refractivity contribution in [3.05, 3.63) is 64.2 Å². The van der Waals surface area contributed by atoms with Gasteiger partial charge in [0.25, 0.3) is 5.88 Å². The molecule has 0 aliphatic carbocycles. The van der Waals surface area contributed by atoms with E-state index in [9.17, 15) is 5.11 Å². The standard InChI is InChI=1S/C22H24ClN5O3/c1-12-24-10-17(27(12)3)22(29,18-11-25-13(2)28(18)4)14-7-8-16-15(9-14)19(23)20(30-5)21(26-16)31-6/h7-11,29H,1-6H3. The monoisotopic (exact) mass is 441 g/mol. The van der Waals surface area contributed by atoms with Gasteiger partial charge in [0.1, 0.15) is 11.6 Å². The Kier molecular flexibility index (Phi) is 5.15. The number of aryl methyl sites for hydroxylation is 2. The third kappa shape index (κ3) is 3.05. The van der Waals surface area contributed by atoms with Gasteiger partial charge in [-0.05, 0) is 31.5 Å². The SMILES string of the molecule is COc1nc2ccc(C(O)(c3cnc(C)n3C)c3cnc(C)n3C)cc2c(Cl)c1OC. The van der Waals surface area contributed by atoms with Crippen LogP contribution < -0.4 is 9.47 Å². The summed E-state index contributed by atoms with van der Waals surface area (Å²) < 4.78 is 14.4. The van der Waals surface area contributed by atoms with E-state index in [2.05, 4.69) is 15.0 Å². The summed E-state index contributed by atoms with van der Waals surface area (Å²) in [7, 11) is 6.76. The van der Waals surface area contributed by atoms with Crippen molar-refractivity contribution in [3.63, 3.8) is 0 Å². The Bertz CT molecular complexity index is 1250. The lowest BCUT2D eigenvalue weighted by atomic mass is 9.86. The first-order valence-corrected chi connectivity index (χ1v) is 10.0. The van der Waals surface area contributed by atoms with E-state index in [4.69, 9.17) is 21.1 Å². The molecule has 3 aromatic heterocycles. The normalized spacial score (nSPS) is 11.9. The molecule has 8 nitrogen and oxygen atoms in total. The van der Waals surface area contributed by atoms with Crippen molar-refractivity contribution in [2.75, 3.05) is 14.2 Å². The Hall–Kier alpha value is -3.10. The Labute approximate surface area is 185 Å². The Morgan fingerprint density at radius 2 is 1.55 bits per heavy atom. The van der Waals surface area contributed by atoms with Gasteiger partial charge < -0.3 is 23.7 Å². The molecule has 0 aliphatic rings. The Morgan fingerprint density at radius 1 is 0.968 bits per heavy atom. The number of nitrogens with zero attached hydrogens (tertiary/aromatic N) is 5. The Balaban J connectivity index is 2.05. The lowest BCUT2D eigenvalue weighted by Crippen LogP contribution is -2.33. The summed E-state index contributed by atoms with van der Waals surface area (Å²) in [5.41, 5.74) is 0.906. The molecular formula is C22H24ClN5O3. The number of ether oxygens (including phenoxy) is 2. The summed E-state index contributed by atoms with van der Waals surface area (Å²) in [6.45, 7) is 3.77. The fourth-order valence-electron chi connectivity index (χ4n) is 3.83. The van der Waals surface area contributed by atoms with Crippen LogP contribution in [0.25, 0.3) is 10.9 Å². The van der Waals surface area contributed by atoms with Gasteiger partial charge in [0.15, 0.2) is 5.60 Å². The van der Waals surface area contributed by atoms with E-state index in [1.54, 1.807) is 18.5 Å². The first-order chi connectivity index (χ1) is 14.7. The summed E-state index contributed by atoms with van der Waals surface area (Å²) in [6.07, 6.45) is 3.35. The second-order valence-corrected chi connectivity index (χ2v) is 7.79. The van der Waals surface area contributed by atoms with Crippen LogP contribution in [0.2, 0.25) is 5.02 Å². The molecule has 0 radical (unpaired) electrons. The third-order valence-corrected chi connectivity index (χ3v) is 6.22. The van der Waals surface area contributed by atoms with Gasteiger partial charge in [-0.25, -0.2) is 15.0 Å². The van der Waals surface area contributed by atoms with Crippen LogP contribution in [0.1, 0.15) is 28.6 Å². The number of hydrogen-bond acceptors (Lipinski definition) is 6. The quantitative estimate of drug-likeness (QED) is 0.511. The molecule has 3 heterocycles. The van der Waals surface area contributed by atoms with Crippen molar-refractivity contribution in [1.29, 1.82) is 0 Å². The topological polar surface area (TPSA) is 87.2 Å². The van der Waals surface area contributed by atoms with E-state index in [1.165, 1.54) is 14.2 Å². The lowest BCUT2D eigenvalue weighted by Gasteiger charge is -2.30. The second kappa shape index (κ2) is 7.55. The van der Waals surface area contributed by atoms with Crippen molar-refractivity contribution in [1.82, 2.24) is 24.1 Å². The van der Waals surface area contributed by atoms with Crippen LogP contribution in [0, 0.1) is 13.8 Å². The average Bonchev–Trinajstić information content (AvgIpc) is 3.29. The molecule has 162 valence electrons. The van der Waals surface area contributed by atoms with E-state index in [0.717, 1.165) is 11.6 Å². The fourth-order valence-corrected chi connectivity index (χ4v) is 4.14. The predicted molar refractivity (Wildman–Crippen MR) is 118 cm³/mol. The zero-order chi connectivity index (χ0) is 22.5. The van der Waals surface area contributed by atoms with Crippen molar-refractivity contribution >= 4 is 22.5 Å². The van der Waals surface area contributed by atoms with E-state index in [0.29, 0.717) is 44.5 Å². The summed E-state index contributed by atoms with van der Waals surface area (Å²) in [4.78, 5) is 13.3. The fraction of sp³-hybridized carbons (Fsp3) is 0.318. The van der Waals surface area contributed by atoms with E-state index in [1.807, 2.05) is 49.2 Å². The number of imidazole rings is 2. The first-order valence-electron chi connectivity index (χ1n) is 9.65. The smallest absolute Gasteiger partial charge is 0.258 e. The van der Waals surface area contributed by atoms with Crippen LogP contribution in [0.15, 0.2) is 30.6 Å². The minimum absolute atomic E-state index is 0.299. The molecule has 0 atom stereocenters. The minimum atomic E-state index is -1.53. The lowest BCUT2D eigenvalue weighted by molar-refractivity contribution is 0.109. The molecule has 4 aromatic rings. The van der Waals surface area contributed by atoms with Crippen molar-refractivity contribution in [2.45, 2.75) is 19.4 Å². The van der Waals surface area contributed by atoms with Crippen LogP contribution >= 0.6 is 11.6 Å². The van der Waals surface area contributed by atoms with E-state index < -0.39 is 5.60 Å². The van der Waals surface area contributed by atoms with Gasteiger partial charge in [-0.1, -0.05) is 17.7 Å². The predicted octanol–water partition coefficient (Wildman–Crippen LogP) is 3.27. The van der Waals surface area contributed by atoms with Crippen LogP contribution in [0.3, 0.4) is 0 Å². The summed E-state index contributed by atoms with van der Waals surface area (Å²) >= 11 is 6.65. The number of benzene rings is 1. The number of pyridine rings is 1. The molecule has 0 amide bonds. The number of aliphatic hydroxyl groups is 1. The molecule has 31 heavy (non-hydrogen) atoms. The molecule has 0 fully saturated rings. The largest absolute Gasteiger partial charge is 0.490 e. The molecule has 0 spiro atoms. The molecule has 0 unspecified atom stereocenters. The molecule has 1 aromatic carbocycles. The van der Waals surface area contributed by atoms with Gasteiger partial charge in [0.05, 0.1) is 48.5 Å². The Morgan fingerprint density at radius 3 is 2.00 bits per heavy atom. The van der Waals surface area contributed by atoms with Gasteiger partial charge >= 0.3 is 0 Å². The minimum Gasteiger partial charge on any atom is -0.490 e. The van der Waals surface area contributed by atoms with Gasteiger partial charge in [-0.2, -0.15) is 0 Å². The number of fused-ring (bicyclic) bond motifs is 1. The first kappa shape index (κ1) is 21.1. The molecule has 1 N–H and O–H groups in total. The summed E-state index contributed by atoms with van der Waals surface area (Å²) in [6, 6.07) is 5.44. The zero-order valence-corrected chi connectivity index (χ0v) is 19.0. The van der Waals surface area contributed by atoms with E-state index >= 15 is 0 Å². The summed E-state index contributed by atoms with van der Waals surface area (Å²) in [5, 5.41) is 13.2. The number of halogens is 1. The van der Waals surface area contributed by atoms with Gasteiger partial charge in [0.2, 0.25) is 5.75 Å². The third-order valence-electron chi connectivity index (χ3n) is 5.85. The van der Waals surface area contributed by atoms with E-state index in [-0.39, 0.29) is 0 Å². The van der Waals surface area contributed by atoms with Crippen molar-refractivity contribution in [3.8, 4) is 11.6 Å². The highest BCUT2D eigenvalue weighted by Gasteiger charge is 2.40. The molecule has 0 saturated heterocycles. The van der Waals surface area contributed by atoms with Crippen molar-refractivity contribution < 1.29 is 14.6 Å². The maximum atomic E-state index is 12.3. The second-order valence-electron chi connectivity index (χ2n) is 7.41. The van der Waals surface area contributed by atoms with Crippen LogP contribution in [-0.2, 0) is 19.7 Å². The van der Waals surface area contributed by atoms with Gasteiger partial charge in [0, 0.05) is 19.5 Å². The molecule has 0 bridgehead atoms. The zero-order valence-electron chi connectivity index (χ0n) is 18.3. The highest BCUT2D eigenvalue weighted by atomic mass is 35.5. The molecule has 0 saturated carbocycles. The molecule has 9 heteroatoms. The van der Waals surface area contributed by atoms with Crippen LogP contribution in [0.5, 0.6) is 11.6 Å². The molecule has 0 aliphatic heterocycles. The average molecular weight is 442 g/mol. The number of rotatable bonds is 5. The van der Waals surface area contributed by atoms with Gasteiger partial charge in [-0.15, -0.1) is 0 Å². The molecular weight excluding hydrogens is 418 g/mol. The van der Waals surface area contributed by atoms with Crippen LogP contribution in [0.4, 0.5) is 0 Å². The molecule has 4 rings (SSSR count).